The minimum atomic E-state index is 0.345. The second kappa shape index (κ2) is 5.65. The molecule has 0 amide bonds. The minimum absolute atomic E-state index is 0.345. The zero-order chi connectivity index (χ0) is 16.5. The molecule has 0 aliphatic carbocycles. The predicted molar refractivity (Wildman–Crippen MR) is 87.3 cm³/mol. The lowest BCUT2D eigenvalue weighted by atomic mass is 10.2. The summed E-state index contributed by atoms with van der Waals surface area (Å²) in [7, 11) is 1.64. The number of nitrogen functional groups attached to an aromatic ring is 1. The number of para-hydroxylation sites is 1. The maximum atomic E-state index is 6.03. The fourth-order valence-electron chi connectivity index (χ4n) is 2.50. The lowest BCUT2D eigenvalue weighted by molar-refractivity contribution is 0.407. The average molecular weight is 322 g/mol. The summed E-state index contributed by atoms with van der Waals surface area (Å²) >= 11 is 0. The van der Waals surface area contributed by atoms with E-state index in [2.05, 4.69) is 20.1 Å². The van der Waals surface area contributed by atoms with Crippen LogP contribution in [-0.2, 0) is 6.54 Å². The van der Waals surface area contributed by atoms with Crippen molar-refractivity contribution >= 4 is 16.9 Å². The van der Waals surface area contributed by atoms with E-state index in [4.69, 9.17) is 14.9 Å². The summed E-state index contributed by atoms with van der Waals surface area (Å²) in [4.78, 5) is 12.5. The highest BCUT2D eigenvalue weighted by atomic mass is 16.5. The molecule has 0 unspecified atom stereocenters. The number of ether oxygens (including phenoxy) is 1. The predicted octanol–water partition coefficient (Wildman–Crippen LogP) is 2.12. The smallest absolute Gasteiger partial charge is 0.201 e. The van der Waals surface area contributed by atoms with E-state index < -0.39 is 0 Å². The number of aromatic nitrogens is 5. The van der Waals surface area contributed by atoms with Gasteiger partial charge in [-0.2, -0.15) is 5.10 Å². The molecule has 8 nitrogen and oxygen atoms in total. The van der Waals surface area contributed by atoms with Gasteiger partial charge in [-0.05, 0) is 6.07 Å². The van der Waals surface area contributed by atoms with E-state index in [-0.39, 0.29) is 0 Å². The molecule has 0 fully saturated rings. The van der Waals surface area contributed by atoms with Crippen molar-refractivity contribution in [1.29, 1.82) is 0 Å². The van der Waals surface area contributed by atoms with E-state index in [1.165, 1.54) is 12.6 Å². The largest absolute Gasteiger partial charge is 0.496 e. The van der Waals surface area contributed by atoms with Gasteiger partial charge in [0, 0.05) is 11.8 Å². The molecule has 0 aliphatic heterocycles. The van der Waals surface area contributed by atoms with Crippen LogP contribution in [-0.4, -0.2) is 31.8 Å². The standard InChI is InChI=1S/C16H14N6O2/c1-23-12-5-3-2-4-10(12)7-22-8-11-14(17)19-16(20-15(11)21-22)13-6-18-9-24-13/h2-6,8-9H,7H2,1H3,(H2,17,19,20,21). The third-order valence-electron chi connectivity index (χ3n) is 3.63. The summed E-state index contributed by atoms with van der Waals surface area (Å²) in [5.41, 5.74) is 7.55. The van der Waals surface area contributed by atoms with E-state index in [9.17, 15) is 0 Å². The van der Waals surface area contributed by atoms with Gasteiger partial charge in [0.1, 0.15) is 11.6 Å². The Morgan fingerprint density at radius 1 is 1.25 bits per heavy atom. The van der Waals surface area contributed by atoms with Crippen molar-refractivity contribution in [2.24, 2.45) is 0 Å². The van der Waals surface area contributed by atoms with Gasteiger partial charge in [-0.1, -0.05) is 18.2 Å². The van der Waals surface area contributed by atoms with Crippen molar-refractivity contribution in [2.75, 3.05) is 12.8 Å². The monoisotopic (exact) mass is 322 g/mol. The number of rotatable bonds is 4. The first kappa shape index (κ1) is 14.2. The maximum Gasteiger partial charge on any atom is 0.201 e. The molecule has 0 saturated carbocycles. The number of methoxy groups -OCH3 is 1. The molecule has 0 aliphatic rings. The van der Waals surface area contributed by atoms with E-state index in [0.717, 1.165) is 11.3 Å². The lowest BCUT2D eigenvalue weighted by Gasteiger charge is -2.07. The van der Waals surface area contributed by atoms with Crippen molar-refractivity contribution in [1.82, 2.24) is 24.7 Å². The SMILES string of the molecule is COc1ccccc1Cn1cc2c(N)nc(-c3cnco3)nc2n1. The summed E-state index contributed by atoms with van der Waals surface area (Å²) in [6.45, 7) is 0.539. The van der Waals surface area contributed by atoms with Crippen LogP contribution in [0.2, 0.25) is 0 Å². The molecule has 1 aromatic carbocycles. The molecule has 2 N–H and O–H groups in total. The van der Waals surface area contributed by atoms with Crippen molar-refractivity contribution in [3.8, 4) is 17.3 Å². The van der Waals surface area contributed by atoms with Gasteiger partial charge in [-0.15, -0.1) is 0 Å². The molecule has 4 aromatic rings. The Labute approximate surface area is 136 Å². The van der Waals surface area contributed by atoms with Gasteiger partial charge in [0.05, 0.1) is 25.2 Å². The summed E-state index contributed by atoms with van der Waals surface area (Å²) in [6.07, 6.45) is 4.67. The Morgan fingerprint density at radius 3 is 2.92 bits per heavy atom. The molecule has 0 spiro atoms. The lowest BCUT2D eigenvalue weighted by Crippen LogP contribution is -2.02. The molecule has 8 heteroatoms. The van der Waals surface area contributed by atoms with Crippen LogP contribution in [0.15, 0.2) is 47.5 Å². The van der Waals surface area contributed by atoms with Crippen LogP contribution in [0.1, 0.15) is 5.56 Å². The number of hydrogen-bond donors (Lipinski definition) is 1. The molecule has 4 rings (SSSR count). The molecular formula is C16H14N6O2. The molecular weight excluding hydrogens is 308 g/mol. The van der Waals surface area contributed by atoms with Crippen LogP contribution in [0, 0.1) is 0 Å². The Bertz CT molecular complexity index is 993. The van der Waals surface area contributed by atoms with Crippen molar-refractivity contribution in [2.45, 2.75) is 6.54 Å². The zero-order valence-corrected chi connectivity index (χ0v) is 12.9. The fourth-order valence-corrected chi connectivity index (χ4v) is 2.50. The summed E-state index contributed by atoms with van der Waals surface area (Å²) in [5, 5.41) is 5.17. The van der Waals surface area contributed by atoms with Gasteiger partial charge in [0.2, 0.25) is 5.82 Å². The molecule has 0 saturated heterocycles. The summed E-state index contributed by atoms with van der Waals surface area (Å²) < 4.78 is 12.3. The van der Waals surface area contributed by atoms with Crippen LogP contribution < -0.4 is 10.5 Å². The van der Waals surface area contributed by atoms with Crippen LogP contribution in [0.25, 0.3) is 22.6 Å². The van der Waals surface area contributed by atoms with Crippen LogP contribution in [0.5, 0.6) is 5.75 Å². The highest BCUT2D eigenvalue weighted by Gasteiger charge is 2.13. The second-order valence-electron chi connectivity index (χ2n) is 5.17. The number of oxazole rings is 1. The Kier molecular flexibility index (Phi) is 3.34. The molecule has 3 heterocycles. The van der Waals surface area contributed by atoms with E-state index in [0.29, 0.717) is 35.0 Å². The second-order valence-corrected chi connectivity index (χ2v) is 5.17. The van der Waals surface area contributed by atoms with Crippen molar-refractivity contribution in [3.05, 3.63) is 48.6 Å². The fraction of sp³-hybridized carbons (Fsp3) is 0.125. The van der Waals surface area contributed by atoms with Gasteiger partial charge in [0.25, 0.3) is 0 Å². The van der Waals surface area contributed by atoms with Crippen LogP contribution in [0.3, 0.4) is 0 Å². The van der Waals surface area contributed by atoms with Gasteiger partial charge in [-0.25, -0.2) is 15.0 Å². The Hall–Kier alpha value is -3.42. The molecule has 3 aromatic heterocycles. The van der Waals surface area contributed by atoms with Crippen molar-refractivity contribution < 1.29 is 9.15 Å². The van der Waals surface area contributed by atoms with E-state index >= 15 is 0 Å². The van der Waals surface area contributed by atoms with Crippen molar-refractivity contribution in [3.63, 3.8) is 0 Å². The first-order valence-corrected chi connectivity index (χ1v) is 7.26. The molecule has 0 radical (unpaired) electrons. The average Bonchev–Trinajstić information content (AvgIpc) is 3.24. The third-order valence-corrected chi connectivity index (χ3v) is 3.63. The maximum absolute atomic E-state index is 6.03. The normalized spacial score (nSPS) is 11.0. The molecule has 120 valence electrons. The molecule has 0 bridgehead atoms. The van der Waals surface area contributed by atoms with Gasteiger partial charge in [-0.3, -0.25) is 4.68 Å². The van der Waals surface area contributed by atoms with Crippen LogP contribution in [0.4, 0.5) is 5.82 Å². The number of nitrogens with zero attached hydrogens (tertiary/aromatic N) is 5. The molecule has 24 heavy (non-hydrogen) atoms. The number of anilines is 1. The number of fused-ring (bicyclic) bond motifs is 1. The first-order chi connectivity index (χ1) is 11.7. The Balaban J connectivity index is 1.74. The highest BCUT2D eigenvalue weighted by molar-refractivity contribution is 5.86. The Morgan fingerprint density at radius 2 is 2.12 bits per heavy atom. The molecule has 0 atom stereocenters. The quantitative estimate of drug-likeness (QED) is 0.613. The number of hydrogen-bond acceptors (Lipinski definition) is 7. The topological polar surface area (TPSA) is 105 Å². The number of benzene rings is 1. The van der Waals surface area contributed by atoms with E-state index in [1.807, 2.05) is 30.5 Å². The highest BCUT2D eigenvalue weighted by Crippen LogP contribution is 2.23. The zero-order valence-electron chi connectivity index (χ0n) is 12.9. The summed E-state index contributed by atoms with van der Waals surface area (Å²) in [6, 6.07) is 7.78. The summed E-state index contributed by atoms with van der Waals surface area (Å²) in [5.74, 6) is 1.96. The van der Waals surface area contributed by atoms with Gasteiger partial charge >= 0.3 is 0 Å². The first-order valence-electron chi connectivity index (χ1n) is 7.26. The van der Waals surface area contributed by atoms with Gasteiger partial charge < -0.3 is 14.9 Å². The van der Waals surface area contributed by atoms with E-state index in [1.54, 1.807) is 11.8 Å². The third kappa shape index (κ3) is 2.43. The van der Waals surface area contributed by atoms with Gasteiger partial charge in [0.15, 0.2) is 17.8 Å². The number of nitrogens with two attached hydrogens (primary N) is 1. The minimum Gasteiger partial charge on any atom is -0.496 e. The van der Waals surface area contributed by atoms with Crippen LogP contribution >= 0.6 is 0 Å².